The average molecular weight is 304 g/mol. The van der Waals surface area contributed by atoms with Gasteiger partial charge in [-0.15, -0.1) is 24.8 Å². The molecule has 1 N–H and O–H groups in total. The lowest BCUT2D eigenvalue weighted by Gasteiger charge is -2.23. The molecule has 0 radical (unpaired) electrons. The molecule has 4 nitrogen and oxygen atoms in total. The number of halogens is 2. The molecule has 0 aliphatic carbocycles. The molecule has 2 aliphatic heterocycles. The molecule has 0 saturated carbocycles. The number of fused-ring (bicyclic) bond motifs is 2. The molecule has 106 valence electrons. The number of aromatic nitrogens is 1. The molecule has 19 heavy (non-hydrogen) atoms. The molecule has 0 aromatic carbocycles. The summed E-state index contributed by atoms with van der Waals surface area (Å²) in [6.45, 7) is 1.68. The average Bonchev–Trinajstić information content (AvgIpc) is 2.69. The molecular weight excluding hydrogens is 285 g/mol. The van der Waals surface area contributed by atoms with Gasteiger partial charge in [0, 0.05) is 31.4 Å². The maximum absolute atomic E-state index is 12.3. The minimum Gasteiger partial charge on any atom is -0.336 e. The monoisotopic (exact) mass is 303 g/mol. The lowest BCUT2D eigenvalue weighted by molar-refractivity contribution is 0.0742. The normalized spacial score (nSPS) is 24.9. The lowest BCUT2D eigenvalue weighted by Crippen LogP contribution is -2.39. The van der Waals surface area contributed by atoms with E-state index >= 15 is 0 Å². The number of nitrogens with one attached hydrogen (secondary N) is 1. The van der Waals surface area contributed by atoms with Crippen LogP contribution in [0.25, 0.3) is 0 Å². The predicted molar refractivity (Wildman–Crippen MR) is 79.2 cm³/mol. The van der Waals surface area contributed by atoms with E-state index in [0.717, 1.165) is 19.5 Å². The Kier molecular flexibility index (Phi) is 6.04. The number of rotatable bonds is 1. The number of amides is 1. The molecule has 2 saturated heterocycles. The first-order valence-corrected chi connectivity index (χ1v) is 6.29. The van der Waals surface area contributed by atoms with Crippen molar-refractivity contribution in [2.45, 2.75) is 31.3 Å². The largest absolute Gasteiger partial charge is 0.336 e. The summed E-state index contributed by atoms with van der Waals surface area (Å²) in [4.78, 5) is 18.3. The van der Waals surface area contributed by atoms with Gasteiger partial charge in [0.25, 0.3) is 5.91 Å². The summed E-state index contributed by atoms with van der Waals surface area (Å²) in [5.74, 6) is 0.0694. The summed E-state index contributed by atoms with van der Waals surface area (Å²) in [5, 5.41) is 3.57. The molecule has 2 bridgehead atoms. The highest BCUT2D eigenvalue weighted by molar-refractivity contribution is 5.92. The van der Waals surface area contributed by atoms with Crippen LogP contribution in [0.15, 0.2) is 24.4 Å². The van der Waals surface area contributed by atoms with Gasteiger partial charge in [-0.25, -0.2) is 0 Å². The molecule has 1 aromatic heterocycles. The van der Waals surface area contributed by atoms with Crippen LogP contribution >= 0.6 is 24.8 Å². The highest BCUT2D eigenvalue weighted by atomic mass is 35.5. The fourth-order valence-electron chi connectivity index (χ4n) is 2.78. The summed E-state index contributed by atoms with van der Waals surface area (Å²) in [5.41, 5.74) is 0.560. The van der Waals surface area contributed by atoms with Gasteiger partial charge in [0.15, 0.2) is 0 Å². The van der Waals surface area contributed by atoms with E-state index in [1.807, 2.05) is 17.0 Å². The second kappa shape index (κ2) is 7.08. The van der Waals surface area contributed by atoms with E-state index in [0.29, 0.717) is 17.8 Å². The third-order valence-electron chi connectivity index (χ3n) is 3.69. The van der Waals surface area contributed by atoms with Crippen LogP contribution in [0.3, 0.4) is 0 Å². The first-order chi connectivity index (χ1) is 8.33. The number of carbonyl (C=O) groups excluding carboxylic acids is 1. The SMILES string of the molecule is Cl.Cl.O=C(c1ccccn1)N1CCC2CCC(C1)N2. The molecule has 2 atom stereocenters. The molecular formula is C13H19Cl2N3O. The summed E-state index contributed by atoms with van der Waals surface area (Å²) < 4.78 is 0. The Balaban J connectivity index is 0.000000902. The number of likely N-dealkylation sites (tertiary alicyclic amines) is 1. The zero-order valence-corrected chi connectivity index (χ0v) is 12.3. The molecule has 6 heteroatoms. The van der Waals surface area contributed by atoms with Crippen LogP contribution in [0.2, 0.25) is 0 Å². The van der Waals surface area contributed by atoms with Crippen molar-refractivity contribution in [2.24, 2.45) is 0 Å². The maximum atomic E-state index is 12.3. The van der Waals surface area contributed by atoms with Crippen molar-refractivity contribution in [3.63, 3.8) is 0 Å². The van der Waals surface area contributed by atoms with Gasteiger partial charge < -0.3 is 10.2 Å². The molecule has 2 unspecified atom stereocenters. The third kappa shape index (κ3) is 3.59. The van der Waals surface area contributed by atoms with Crippen molar-refractivity contribution in [2.75, 3.05) is 13.1 Å². The molecule has 1 amide bonds. The summed E-state index contributed by atoms with van der Waals surface area (Å²) >= 11 is 0. The lowest BCUT2D eigenvalue weighted by atomic mass is 10.1. The zero-order chi connectivity index (χ0) is 11.7. The van der Waals surface area contributed by atoms with Crippen molar-refractivity contribution in [3.05, 3.63) is 30.1 Å². The minimum absolute atomic E-state index is 0. The van der Waals surface area contributed by atoms with E-state index in [2.05, 4.69) is 10.3 Å². The Morgan fingerprint density at radius 1 is 1.21 bits per heavy atom. The minimum atomic E-state index is 0. The van der Waals surface area contributed by atoms with Crippen molar-refractivity contribution in [3.8, 4) is 0 Å². The number of hydrogen-bond acceptors (Lipinski definition) is 3. The third-order valence-corrected chi connectivity index (χ3v) is 3.69. The second-order valence-corrected chi connectivity index (χ2v) is 4.89. The topological polar surface area (TPSA) is 45.2 Å². The number of carbonyl (C=O) groups is 1. The molecule has 0 spiro atoms. The van der Waals surface area contributed by atoms with E-state index in [-0.39, 0.29) is 30.7 Å². The number of nitrogens with zero attached hydrogens (tertiary/aromatic N) is 2. The first kappa shape index (κ1) is 16.2. The van der Waals surface area contributed by atoms with Crippen molar-refractivity contribution in [1.29, 1.82) is 0 Å². The second-order valence-electron chi connectivity index (χ2n) is 4.89. The maximum Gasteiger partial charge on any atom is 0.272 e. The summed E-state index contributed by atoms with van der Waals surface area (Å²) in [6.07, 6.45) is 5.19. The Morgan fingerprint density at radius 3 is 2.74 bits per heavy atom. The number of pyridine rings is 1. The smallest absolute Gasteiger partial charge is 0.272 e. The van der Waals surface area contributed by atoms with Gasteiger partial charge in [-0.05, 0) is 31.4 Å². The highest BCUT2D eigenvalue weighted by Crippen LogP contribution is 2.21. The quantitative estimate of drug-likeness (QED) is 0.862. The van der Waals surface area contributed by atoms with Crippen molar-refractivity contribution in [1.82, 2.24) is 15.2 Å². The van der Waals surface area contributed by atoms with Gasteiger partial charge in [0.2, 0.25) is 0 Å². The van der Waals surface area contributed by atoms with E-state index in [4.69, 9.17) is 0 Å². The van der Waals surface area contributed by atoms with Crippen LogP contribution in [-0.2, 0) is 0 Å². The molecule has 2 aliphatic rings. The first-order valence-electron chi connectivity index (χ1n) is 6.29. The highest BCUT2D eigenvalue weighted by Gasteiger charge is 2.31. The van der Waals surface area contributed by atoms with Crippen LogP contribution in [0.5, 0.6) is 0 Å². The van der Waals surface area contributed by atoms with Gasteiger partial charge in [-0.1, -0.05) is 6.07 Å². The Bertz CT molecular complexity index is 416. The van der Waals surface area contributed by atoms with Gasteiger partial charge in [-0.2, -0.15) is 0 Å². The molecule has 3 rings (SSSR count). The molecule has 2 fully saturated rings. The van der Waals surface area contributed by atoms with E-state index < -0.39 is 0 Å². The fraction of sp³-hybridized carbons (Fsp3) is 0.538. The van der Waals surface area contributed by atoms with Crippen LogP contribution in [0, 0.1) is 0 Å². The Morgan fingerprint density at radius 2 is 2.00 bits per heavy atom. The van der Waals surface area contributed by atoms with Crippen LogP contribution < -0.4 is 5.32 Å². The fourth-order valence-corrected chi connectivity index (χ4v) is 2.78. The van der Waals surface area contributed by atoms with Crippen LogP contribution in [0.4, 0.5) is 0 Å². The van der Waals surface area contributed by atoms with Crippen LogP contribution in [0.1, 0.15) is 29.8 Å². The Hall–Kier alpha value is -0.840. The van der Waals surface area contributed by atoms with Crippen LogP contribution in [-0.4, -0.2) is 41.0 Å². The van der Waals surface area contributed by atoms with Crippen molar-refractivity contribution < 1.29 is 4.79 Å². The van der Waals surface area contributed by atoms with E-state index in [1.54, 1.807) is 12.3 Å². The molecule has 1 aromatic rings. The molecule has 3 heterocycles. The zero-order valence-electron chi connectivity index (χ0n) is 10.6. The van der Waals surface area contributed by atoms with E-state index in [1.165, 1.54) is 12.8 Å². The summed E-state index contributed by atoms with van der Waals surface area (Å²) in [6, 6.07) is 6.58. The standard InChI is InChI=1S/C13H17N3O.2ClH/c17-13(12-3-1-2-7-14-12)16-8-6-10-4-5-11(9-16)15-10;;/h1-3,7,10-11,15H,4-6,8-9H2;2*1H. The number of hydrogen-bond donors (Lipinski definition) is 1. The Labute approximate surface area is 125 Å². The van der Waals surface area contributed by atoms with Gasteiger partial charge in [-0.3, -0.25) is 9.78 Å². The van der Waals surface area contributed by atoms with E-state index in [9.17, 15) is 4.79 Å². The van der Waals surface area contributed by atoms with Gasteiger partial charge in [0.1, 0.15) is 5.69 Å². The van der Waals surface area contributed by atoms with Gasteiger partial charge >= 0.3 is 0 Å². The van der Waals surface area contributed by atoms with Gasteiger partial charge in [0.05, 0.1) is 0 Å². The van der Waals surface area contributed by atoms with Crippen molar-refractivity contribution >= 4 is 30.7 Å². The summed E-state index contributed by atoms with van der Waals surface area (Å²) in [7, 11) is 0. The predicted octanol–water partition coefficient (Wildman–Crippen LogP) is 1.89.